The summed E-state index contributed by atoms with van der Waals surface area (Å²) in [4.78, 5) is 4.90. The van der Waals surface area contributed by atoms with Gasteiger partial charge in [-0.25, -0.2) is 0 Å². The first-order chi connectivity index (χ1) is 20.2. The second-order valence-electron chi connectivity index (χ2n) is 10.6. The molecule has 0 bridgehead atoms. The minimum absolute atomic E-state index is 0.533. The van der Waals surface area contributed by atoms with E-state index in [2.05, 4.69) is 140 Å². The van der Waals surface area contributed by atoms with Crippen LogP contribution in [0.4, 0.5) is 17.1 Å². The van der Waals surface area contributed by atoms with E-state index in [1.165, 1.54) is 43.4 Å². The molecule has 0 amide bonds. The van der Waals surface area contributed by atoms with Crippen molar-refractivity contribution in [3.05, 3.63) is 167 Å². The quantitative estimate of drug-likeness (QED) is 0.206. The maximum atomic E-state index is 6.37. The largest absolute Gasteiger partial charge is 0.456 e. The van der Waals surface area contributed by atoms with Gasteiger partial charge in [-0.2, -0.15) is 0 Å². The molecule has 0 N–H and O–H groups in total. The monoisotopic (exact) mass is 545 g/mol. The summed E-state index contributed by atoms with van der Waals surface area (Å²) in [6.07, 6.45) is 6.21. The fourth-order valence-corrected chi connectivity index (χ4v) is 8.00. The van der Waals surface area contributed by atoms with Crippen molar-refractivity contribution < 1.29 is 4.42 Å². The Morgan fingerprint density at radius 1 is 0.707 bits per heavy atom. The highest BCUT2D eigenvalue weighted by Gasteiger charge is 2.50. The normalized spacial score (nSPS) is 15.4. The first-order valence-corrected chi connectivity index (χ1v) is 14.7. The second-order valence-corrected chi connectivity index (χ2v) is 11.8. The molecule has 1 spiro atoms. The summed E-state index contributed by atoms with van der Waals surface area (Å²) >= 11 is 1.83. The van der Waals surface area contributed by atoms with Gasteiger partial charge in [0.25, 0.3) is 0 Å². The first-order valence-electron chi connectivity index (χ1n) is 13.9. The van der Waals surface area contributed by atoms with Crippen LogP contribution in [-0.4, -0.2) is 0 Å². The van der Waals surface area contributed by atoms with Gasteiger partial charge in [-0.3, -0.25) is 0 Å². The molecule has 1 aromatic heterocycles. The van der Waals surface area contributed by atoms with Crippen LogP contribution < -0.4 is 4.90 Å². The summed E-state index contributed by atoms with van der Waals surface area (Å²) in [5.74, 6) is 0. The molecule has 6 aromatic rings. The van der Waals surface area contributed by atoms with E-state index >= 15 is 0 Å². The molecule has 3 heteroatoms. The van der Waals surface area contributed by atoms with Crippen molar-refractivity contribution in [3.8, 4) is 0 Å². The van der Waals surface area contributed by atoms with Crippen molar-refractivity contribution in [3.63, 3.8) is 0 Å². The smallest absolute Gasteiger partial charge is 0.136 e. The van der Waals surface area contributed by atoms with Crippen LogP contribution in [0.5, 0.6) is 0 Å². The number of para-hydroxylation sites is 4. The van der Waals surface area contributed by atoms with Crippen molar-refractivity contribution in [1.82, 2.24) is 0 Å². The zero-order valence-electron chi connectivity index (χ0n) is 22.7. The van der Waals surface area contributed by atoms with Crippen LogP contribution in [0, 0.1) is 0 Å². The number of furan rings is 1. The molecule has 196 valence electrons. The molecule has 3 heterocycles. The van der Waals surface area contributed by atoms with Crippen LogP contribution in [0.25, 0.3) is 21.9 Å². The van der Waals surface area contributed by atoms with E-state index in [4.69, 9.17) is 4.42 Å². The van der Waals surface area contributed by atoms with Crippen LogP contribution >= 0.6 is 11.8 Å². The summed E-state index contributed by atoms with van der Waals surface area (Å²) in [6, 6.07) is 41.5. The van der Waals surface area contributed by atoms with Gasteiger partial charge in [-0.15, -0.1) is 0 Å². The van der Waals surface area contributed by atoms with Crippen molar-refractivity contribution in [2.45, 2.75) is 17.2 Å². The highest BCUT2D eigenvalue weighted by atomic mass is 32.2. The minimum atomic E-state index is -0.533. The fraction of sp³-hybridized carbons (Fsp3) is 0.0526. The third-order valence-corrected chi connectivity index (χ3v) is 9.52. The van der Waals surface area contributed by atoms with Crippen LogP contribution in [-0.2, 0) is 5.41 Å². The molecule has 0 saturated carbocycles. The molecule has 0 atom stereocenters. The number of benzene rings is 5. The van der Waals surface area contributed by atoms with E-state index in [9.17, 15) is 0 Å². The van der Waals surface area contributed by atoms with Gasteiger partial charge in [0.15, 0.2) is 0 Å². The van der Waals surface area contributed by atoms with E-state index in [-0.39, 0.29) is 0 Å². The van der Waals surface area contributed by atoms with Crippen molar-refractivity contribution >= 4 is 50.8 Å². The van der Waals surface area contributed by atoms with Gasteiger partial charge >= 0.3 is 0 Å². The zero-order valence-corrected chi connectivity index (χ0v) is 23.5. The van der Waals surface area contributed by atoms with Crippen molar-refractivity contribution in [2.75, 3.05) is 4.90 Å². The van der Waals surface area contributed by atoms with Gasteiger partial charge in [0.05, 0.1) is 16.8 Å². The Hall–Kier alpha value is -4.73. The Kier molecular flexibility index (Phi) is 5.38. The lowest BCUT2D eigenvalue weighted by molar-refractivity contribution is 0.664. The third kappa shape index (κ3) is 3.33. The molecular formula is C38H27NOS. The van der Waals surface area contributed by atoms with Crippen molar-refractivity contribution in [2.24, 2.45) is 0 Å². The molecule has 0 aliphatic carbocycles. The van der Waals surface area contributed by atoms with Gasteiger partial charge in [0.2, 0.25) is 0 Å². The van der Waals surface area contributed by atoms with Crippen LogP contribution in [0.15, 0.2) is 160 Å². The van der Waals surface area contributed by atoms with Gasteiger partial charge < -0.3 is 9.32 Å². The van der Waals surface area contributed by atoms with E-state index in [1.54, 1.807) is 0 Å². The summed E-state index contributed by atoms with van der Waals surface area (Å²) < 4.78 is 6.37. The lowest BCUT2D eigenvalue weighted by atomic mass is 9.61. The SMILES string of the molecule is C=C/C=C\C1=C(C)Sc2cc3oc4ccccc4c3cc2C12c1ccccc1N(c1ccccc1)c1ccccc12. The lowest BCUT2D eigenvalue weighted by Gasteiger charge is -2.49. The van der Waals surface area contributed by atoms with E-state index < -0.39 is 5.41 Å². The van der Waals surface area contributed by atoms with Crippen molar-refractivity contribution in [1.29, 1.82) is 0 Å². The van der Waals surface area contributed by atoms with Gasteiger partial charge in [0, 0.05) is 21.4 Å². The van der Waals surface area contributed by atoms with Crippen LogP contribution in [0.1, 0.15) is 23.6 Å². The molecule has 41 heavy (non-hydrogen) atoms. The summed E-state index contributed by atoms with van der Waals surface area (Å²) in [7, 11) is 0. The van der Waals surface area contributed by atoms with E-state index in [0.717, 1.165) is 27.6 Å². The van der Waals surface area contributed by atoms with E-state index in [1.807, 2.05) is 23.9 Å². The Labute approximate surface area is 243 Å². The molecule has 5 aromatic carbocycles. The Morgan fingerprint density at radius 2 is 1.37 bits per heavy atom. The predicted molar refractivity (Wildman–Crippen MR) is 173 cm³/mol. The number of allylic oxidation sites excluding steroid dienone is 5. The van der Waals surface area contributed by atoms with Crippen LogP contribution in [0.3, 0.4) is 0 Å². The number of anilines is 3. The number of nitrogens with zero attached hydrogens (tertiary/aromatic N) is 1. The average Bonchev–Trinajstić information content (AvgIpc) is 3.38. The molecule has 2 aliphatic heterocycles. The number of hydrogen-bond acceptors (Lipinski definition) is 3. The molecule has 0 unspecified atom stereocenters. The lowest BCUT2D eigenvalue weighted by Crippen LogP contribution is -2.39. The molecule has 2 aliphatic rings. The molecule has 0 radical (unpaired) electrons. The van der Waals surface area contributed by atoms with Crippen LogP contribution in [0.2, 0.25) is 0 Å². The summed E-state index contributed by atoms with van der Waals surface area (Å²) in [6.45, 7) is 6.27. The first kappa shape index (κ1) is 24.1. The Morgan fingerprint density at radius 3 is 2.10 bits per heavy atom. The number of hydrogen-bond donors (Lipinski definition) is 0. The molecule has 8 rings (SSSR count). The zero-order chi connectivity index (χ0) is 27.6. The average molecular weight is 546 g/mol. The maximum absolute atomic E-state index is 6.37. The molecule has 2 nitrogen and oxygen atoms in total. The fourth-order valence-electron chi connectivity index (χ4n) is 6.85. The van der Waals surface area contributed by atoms with E-state index in [0.29, 0.717) is 0 Å². The minimum Gasteiger partial charge on any atom is -0.456 e. The number of fused-ring (bicyclic) bond motifs is 9. The van der Waals surface area contributed by atoms with Gasteiger partial charge in [-0.1, -0.05) is 109 Å². The summed E-state index contributed by atoms with van der Waals surface area (Å²) in [5, 5.41) is 2.29. The Bertz CT molecular complexity index is 2020. The van der Waals surface area contributed by atoms with Gasteiger partial charge in [-0.05, 0) is 76.6 Å². The third-order valence-electron chi connectivity index (χ3n) is 8.44. The van der Waals surface area contributed by atoms with Gasteiger partial charge in [0.1, 0.15) is 11.2 Å². The molecule has 0 fully saturated rings. The standard InChI is InChI=1S/C38H27NOS/c1-3-4-17-29-25(2)41-37-24-36-28(27-16-8-13-22-35(27)40-36)23-32(37)38(29)30-18-9-11-20-33(30)39(26-14-6-5-7-15-26)34-21-12-10-19-31(34)38/h3-24H,1H2,2H3/b17-4-. The topological polar surface area (TPSA) is 16.4 Å². The summed E-state index contributed by atoms with van der Waals surface area (Å²) in [5.41, 5.74) is 9.91. The number of thioether (sulfide) groups is 1. The Balaban J connectivity index is 1.55. The maximum Gasteiger partial charge on any atom is 0.136 e. The predicted octanol–water partition coefficient (Wildman–Crippen LogP) is 10.8. The highest BCUT2D eigenvalue weighted by molar-refractivity contribution is 8.03. The second kappa shape index (κ2) is 9.15. The molecular weight excluding hydrogens is 518 g/mol. The highest BCUT2D eigenvalue weighted by Crippen LogP contribution is 2.63. The number of rotatable bonds is 3. The molecule has 0 saturated heterocycles.